The van der Waals surface area contributed by atoms with Gasteiger partial charge in [-0.05, 0) is 27.0 Å². The van der Waals surface area contributed by atoms with E-state index in [1.54, 1.807) is 13.2 Å². The van der Waals surface area contributed by atoms with Crippen LogP contribution >= 0.6 is 0 Å². The molecule has 0 unspecified atom stereocenters. The normalized spacial score (nSPS) is 11.1. The predicted octanol–water partition coefficient (Wildman–Crippen LogP) is 2.24. The molecular weight excluding hydrogens is 190 g/mol. The fourth-order valence-corrected chi connectivity index (χ4v) is 1.31. The zero-order chi connectivity index (χ0) is 11.4. The Morgan fingerprint density at radius 3 is 2.60 bits per heavy atom. The van der Waals surface area contributed by atoms with Crippen LogP contribution in [0.4, 0.5) is 0 Å². The van der Waals surface area contributed by atoms with Gasteiger partial charge in [0.25, 0.3) is 0 Å². The molecule has 1 aromatic carbocycles. The molecule has 1 aromatic rings. The topological polar surface area (TPSA) is 32.7 Å². The monoisotopic (exact) mass is 209 g/mol. The van der Waals surface area contributed by atoms with E-state index in [4.69, 9.17) is 4.74 Å². The van der Waals surface area contributed by atoms with Crippen LogP contribution in [0.3, 0.4) is 0 Å². The number of para-hydroxylation sites is 1. The number of benzene rings is 1. The maximum atomic E-state index is 9.87. The molecule has 0 radical (unpaired) electrons. The van der Waals surface area contributed by atoms with Crippen LogP contribution < -0.4 is 4.74 Å². The van der Waals surface area contributed by atoms with Crippen molar-refractivity contribution in [2.24, 2.45) is 0 Å². The zero-order valence-corrected chi connectivity index (χ0v) is 9.82. The molecule has 0 saturated heterocycles. The summed E-state index contributed by atoms with van der Waals surface area (Å²) in [6.07, 6.45) is 0. The van der Waals surface area contributed by atoms with E-state index in [0.717, 1.165) is 12.1 Å². The molecular formula is C12H19NO2. The zero-order valence-electron chi connectivity index (χ0n) is 9.82. The van der Waals surface area contributed by atoms with Crippen molar-refractivity contribution in [1.82, 2.24) is 4.90 Å². The second-order valence-electron chi connectivity index (χ2n) is 3.98. The third kappa shape index (κ3) is 2.86. The minimum Gasteiger partial charge on any atom is -0.504 e. The lowest BCUT2D eigenvalue weighted by Gasteiger charge is -2.21. The molecule has 0 bridgehead atoms. The van der Waals surface area contributed by atoms with Gasteiger partial charge < -0.3 is 9.84 Å². The van der Waals surface area contributed by atoms with Gasteiger partial charge in [0.05, 0.1) is 7.11 Å². The smallest absolute Gasteiger partial charge is 0.162 e. The number of phenols is 1. The highest BCUT2D eigenvalue weighted by Crippen LogP contribution is 2.30. The van der Waals surface area contributed by atoms with E-state index >= 15 is 0 Å². The van der Waals surface area contributed by atoms with Gasteiger partial charge in [-0.3, -0.25) is 4.90 Å². The van der Waals surface area contributed by atoms with E-state index < -0.39 is 0 Å². The van der Waals surface area contributed by atoms with Crippen LogP contribution in [-0.2, 0) is 6.54 Å². The molecule has 3 nitrogen and oxygen atoms in total. The molecule has 0 amide bonds. The number of aromatic hydroxyl groups is 1. The molecule has 0 aliphatic carbocycles. The molecule has 0 aliphatic heterocycles. The van der Waals surface area contributed by atoms with Crippen molar-refractivity contribution in [3.63, 3.8) is 0 Å². The van der Waals surface area contributed by atoms with Crippen LogP contribution in [0.15, 0.2) is 18.2 Å². The Hall–Kier alpha value is -1.22. The van der Waals surface area contributed by atoms with E-state index in [1.165, 1.54) is 0 Å². The second-order valence-corrected chi connectivity index (χ2v) is 3.98. The number of ether oxygens (including phenoxy) is 1. The van der Waals surface area contributed by atoms with Gasteiger partial charge in [0, 0.05) is 18.2 Å². The average Bonchev–Trinajstić information content (AvgIpc) is 2.21. The van der Waals surface area contributed by atoms with Crippen molar-refractivity contribution >= 4 is 0 Å². The quantitative estimate of drug-likeness (QED) is 0.825. The molecule has 84 valence electrons. The Morgan fingerprint density at radius 1 is 1.40 bits per heavy atom. The van der Waals surface area contributed by atoms with Crippen LogP contribution in [-0.4, -0.2) is 30.2 Å². The van der Waals surface area contributed by atoms with E-state index in [0.29, 0.717) is 11.8 Å². The third-order valence-electron chi connectivity index (χ3n) is 2.60. The number of hydrogen-bond donors (Lipinski definition) is 1. The van der Waals surface area contributed by atoms with Gasteiger partial charge in [-0.1, -0.05) is 12.1 Å². The summed E-state index contributed by atoms with van der Waals surface area (Å²) >= 11 is 0. The fraction of sp³-hybridized carbons (Fsp3) is 0.500. The van der Waals surface area contributed by atoms with Crippen LogP contribution in [0.1, 0.15) is 19.4 Å². The third-order valence-corrected chi connectivity index (χ3v) is 2.60. The molecule has 0 aliphatic rings. The van der Waals surface area contributed by atoms with Crippen molar-refractivity contribution in [3.05, 3.63) is 23.8 Å². The Balaban J connectivity index is 2.86. The lowest BCUT2D eigenvalue weighted by Crippen LogP contribution is -2.25. The molecule has 0 aromatic heterocycles. The van der Waals surface area contributed by atoms with Crippen LogP contribution in [0.5, 0.6) is 11.5 Å². The lowest BCUT2D eigenvalue weighted by molar-refractivity contribution is 0.260. The Bertz CT molecular complexity index is 323. The second kappa shape index (κ2) is 5.03. The van der Waals surface area contributed by atoms with Gasteiger partial charge in [0.2, 0.25) is 0 Å². The fourth-order valence-electron chi connectivity index (χ4n) is 1.31. The summed E-state index contributed by atoms with van der Waals surface area (Å²) in [5.41, 5.74) is 0.894. The summed E-state index contributed by atoms with van der Waals surface area (Å²) in [5.74, 6) is 0.775. The molecule has 0 heterocycles. The first-order valence-electron chi connectivity index (χ1n) is 5.11. The number of phenolic OH excluding ortho intramolecular Hbond substituents is 1. The summed E-state index contributed by atoms with van der Waals surface area (Å²) in [7, 11) is 3.59. The highest BCUT2D eigenvalue weighted by atomic mass is 16.5. The van der Waals surface area contributed by atoms with Crippen molar-refractivity contribution in [2.75, 3.05) is 14.2 Å². The summed E-state index contributed by atoms with van der Waals surface area (Å²) in [6.45, 7) is 4.97. The van der Waals surface area contributed by atoms with E-state index in [2.05, 4.69) is 18.7 Å². The largest absolute Gasteiger partial charge is 0.504 e. The summed E-state index contributed by atoms with van der Waals surface area (Å²) in [5, 5.41) is 9.87. The summed E-state index contributed by atoms with van der Waals surface area (Å²) in [6, 6.07) is 6.02. The average molecular weight is 209 g/mol. The van der Waals surface area contributed by atoms with Gasteiger partial charge in [-0.25, -0.2) is 0 Å². The maximum absolute atomic E-state index is 9.87. The van der Waals surface area contributed by atoms with Gasteiger partial charge in [0.1, 0.15) is 0 Å². The predicted molar refractivity (Wildman–Crippen MR) is 61.3 cm³/mol. The first kappa shape index (κ1) is 11.9. The maximum Gasteiger partial charge on any atom is 0.162 e. The van der Waals surface area contributed by atoms with Gasteiger partial charge in [0.15, 0.2) is 11.5 Å². The first-order valence-corrected chi connectivity index (χ1v) is 5.11. The Kier molecular flexibility index (Phi) is 3.97. The van der Waals surface area contributed by atoms with Crippen molar-refractivity contribution < 1.29 is 9.84 Å². The van der Waals surface area contributed by atoms with Crippen molar-refractivity contribution in [3.8, 4) is 11.5 Å². The molecule has 0 spiro atoms. The number of nitrogens with zero attached hydrogens (tertiary/aromatic N) is 1. The van der Waals surface area contributed by atoms with Gasteiger partial charge >= 0.3 is 0 Å². The van der Waals surface area contributed by atoms with E-state index in [9.17, 15) is 5.11 Å². The van der Waals surface area contributed by atoms with Crippen LogP contribution in [0.25, 0.3) is 0 Å². The molecule has 0 saturated carbocycles. The SMILES string of the molecule is COc1cccc(CN(C)C(C)C)c1O. The van der Waals surface area contributed by atoms with Gasteiger partial charge in [-0.15, -0.1) is 0 Å². The number of hydrogen-bond acceptors (Lipinski definition) is 3. The first-order chi connectivity index (χ1) is 7.06. The Labute approximate surface area is 91.3 Å². The summed E-state index contributed by atoms with van der Waals surface area (Å²) in [4.78, 5) is 2.16. The molecule has 15 heavy (non-hydrogen) atoms. The summed E-state index contributed by atoms with van der Waals surface area (Å²) < 4.78 is 5.06. The van der Waals surface area contributed by atoms with E-state index in [-0.39, 0.29) is 5.75 Å². The Morgan fingerprint density at radius 2 is 2.07 bits per heavy atom. The standard InChI is InChI=1S/C12H19NO2/c1-9(2)13(3)8-10-6-5-7-11(15-4)12(10)14/h5-7,9,14H,8H2,1-4H3. The molecule has 3 heteroatoms. The van der Waals surface area contributed by atoms with Crippen molar-refractivity contribution in [2.45, 2.75) is 26.4 Å². The highest BCUT2D eigenvalue weighted by molar-refractivity contribution is 5.45. The number of rotatable bonds is 4. The lowest BCUT2D eigenvalue weighted by atomic mass is 10.1. The van der Waals surface area contributed by atoms with Crippen LogP contribution in [0, 0.1) is 0 Å². The van der Waals surface area contributed by atoms with Crippen molar-refractivity contribution in [1.29, 1.82) is 0 Å². The molecule has 1 rings (SSSR count). The molecule has 0 atom stereocenters. The molecule has 0 fully saturated rings. The minimum atomic E-state index is 0.243. The minimum absolute atomic E-state index is 0.243. The molecule has 1 N–H and O–H groups in total. The number of methoxy groups -OCH3 is 1. The van der Waals surface area contributed by atoms with E-state index in [1.807, 2.05) is 19.2 Å². The van der Waals surface area contributed by atoms with Gasteiger partial charge in [-0.2, -0.15) is 0 Å². The highest BCUT2D eigenvalue weighted by Gasteiger charge is 2.10. The van der Waals surface area contributed by atoms with Crippen LogP contribution in [0.2, 0.25) is 0 Å².